The molecule has 182 valence electrons. The number of nitrogens with zero attached hydrogens (tertiary/aromatic N) is 2. The van der Waals surface area contributed by atoms with Gasteiger partial charge in [-0.25, -0.2) is 14.4 Å². The van der Waals surface area contributed by atoms with Crippen LogP contribution < -0.4 is 15.4 Å². The second kappa shape index (κ2) is 8.20. The Morgan fingerprint density at radius 1 is 1.29 bits per heavy atom. The van der Waals surface area contributed by atoms with Crippen LogP contribution in [0, 0.1) is 5.82 Å². The van der Waals surface area contributed by atoms with E-state index in [2.05, 4.69) is 46.4 Å². The van der Waals surface area contributed by atoms with Crippen molar-refractivity contribution in [3.05, 3.63) is 57.3 Å². The molecule has 5 rings (SSSR count). The van der Waals surface area contributed by atoms with Crippen molar-refractivity contribution in [2.24, 2.45) is 0 Å². The Kier molecular flexibility index (Phi) is 5.52. The van der Waals surface area contributed by atoms with Gasteiger partial charge in [0, 0.05) is 22.8 Å². The van der Waals surface area contributed by atoms with E-state index in [0.29, 0.717) is 34.3 Å². The minimum Gasteiger partial charge on any atom is -0.486 e. The minimum absolute atomic E-state index is 0.119. The van der Waals surface area contributed by atoms with Crippen LogP contribution >= 0.6 is 22.9 Å². The van der Waals surface area contributed by atoms with Crippen LogP contribution in [0.25, 0.3) is 11.0 Å². The first-order chi connectivity index (χ1) is 16.4. The molecular formula is C25H25ClFN5O2S. The van der Waals surface area contributed by atoms with Crippen LogP contribution in [0.5, 0.6) is 5.75 Å². The zero-order chi connectivity index (χ0) is 25.1. The zero-order valence-electron chi connectivity index (χ0n) is 20.0. The number of benzene rings is 2. The topological polar surface area (TPSA) is 91.9 Å². The highest BCUT2D eigenvalue weighted by Crippen LogP contribution is 2.43. The molecule has 10 heteroatoms. The number of carbonyl (C=O) groups excluding carboxylic acids is 1. The van der Waals surface area contributed by atoms with E-state index < -0.39 is 11.4 Å². The standard InChI is InChI=1S/C25H25ClFN5O2S/c1-24(2,3)17-11-35-23(29-17)32-21(33)12-9-16-18(13-10-25(4,5)34-20(12)13)30-22(28-16)31-19-14(26)7-6-8-15(19)27/h6-9,11H,10H2,1-5H3,(H2,28,30,31)(H,29,32,33). The number of imidazole rings is 1. The lowest BCUT2D eigenvalue weighted by Gasteiger charge is -2.18. The average molecular weight is 514 g/mol. The molecule has 0 spiro atoms. The van der Waals surface area contributed by atoms with Gasteiger partial charge in [0.15, 0.2) is 5.13 Å². The molecular weight excluding hydrogens is 489 g/mol. The maximum absolute atomic E-state index is 14.3. The number of nitrogens with one attached hydrogen (secondary N) is 3. The number of amides is 1. The van der Waals surface area contributed by atoms with Gasteiger partial charge in [-0.05, 0) is 32.0 Å². The highest BCUT2D eigenvalue weighted by molar-refractivity contribution is 7.14. The van der Waals surface area contributed by atoms with Crippen molar-refractivity contribution in [1.82, 2.24) is 15.0 Å². The van der Waals surface area contributed by atoms with Crippen molar-refractivity contribution in [2.45, 2.75) is 52.1 Å². The van der Waals surface area contributed by atoms with Crippen LogP contribution in [0.15, 0.2) is 29.6 Å². The van der Waals surface area contributed by atoms with Crippen LogP contribution in [0.1, 0.15) is 56.2 Å². The molecule has 0 aliphatic carbocycles. The molecule has 0 unspecified atom stereocenters. The third-order valence-corrected chi connectivity index (χ3v) is 6.83. The summed E-state index contributed by atoms with van der Waals surface area (Å²) in [6.07, 6.45) is 0.577. The molecule has 0 saturated heterocycles. The van der Waals surface area contributed by atoms with E-state index in [1.165, 1.54) is 23.5 Å². The number of aromatic nitrogens is 3. The van der Waals surface area contributed by atoms with Gasteiger partial charge in [-0.15, -0.1) is 11.3 Å². The largest absolute Gasteiger partial charge is 0.486 e. The third kappa shape index (κ3) is 4.46. The molecule has 2 aromatic heterocycles. The van der Waals surface area contributed by atoms with Crippen LogP contribution in [0.4, 0.5) is 21.2 Å². The van der Waals surface area contributed by atoms with E-state index in [0.717, 1.165) is 16.8 Å². The van der Waals surface area contributed by atoms with Gasteiger partial charge in [-0.1, -0.05) is 38.4 Å². The van der Waals surface area contributed by atoms with Crippen LogP contribution in [-0.2, 0) is 11.8 Å². The highest BCUT2D eigenvalue weighted by atomic mass is 35.5. The number of rotatable bonds is 4. The number of H-pyrrole nitrogens is 1. The van der Waals surface area contributed by atoms with Crippen molar-refractivity contribution in [3.8, 4) is 5.75 Å². The van der Waals surface area contributed by atoms with Crippen LogP contribution in [0.2, 0.25) is 5.02 Å². The fourth-order valence-corrected chi connectivity index (χ4v) is 5.17. The number of para-hydroxylation sites is 1. The Labute approximate surface area is 211 Å². The van der Waals surface area contributed by atoms with Crippen molar-refractivity contribution in [1.29, 1.82) is 0 Å². The molecule has 0 fully saturated rings. The fourth-order valence-electron chi connectivity index (χ4n) is 4.03. The summed E-state index contributed by atoms with van der Waals surface area (Å²) in [5.41, 5.74) is 2.90. The van der Waals surface area contributed by atoms with E-state index >= 15 is 0 Å². The Balaban J connectivity index is 1.53. The maximum Gasteiger partial charge on any atom is 0.261 e. The fraction of sp³-hybridized carbons (Fsp3) is 0.320. The smallest absolute Gasteiger partial charge is 0.261 e. The number of halogens is 2. The monoisotopic (exact) mass is 513 g/mol. The molecule has 0 saturated carbocycles. The predicted octanol–water partition coefficient (Wildman–Crippen LogP) is 6.82. The van der Waals surface area contributed by atoms with E-state index in [4.69, 9.17) is 16.3 Å². The maximum atomic E-state index is 14.3. The van der Waals surface area contributed by atoms with Crippen molar-refractivity contribution in [2.75, 3.05) is 10.6 Å². The average Bonchev–Trinajstić information content (AvgIpc) is 3.45. The molecule has 1 aliphatic heterocycles. The van der Waals surface area contributed by atoms with E-state index in [1.807, 2.05) is 19.2 Å². The van der Waals surface area contributed by atoms with Crippen molar-refractivity contribution in [3.63, 3.8) is 0 Å². The number of aromatic amines is 1. The first-order valence-corrected chi connectivity index (χ1v) is 12.4. The first kappa shape index (κ1) is 23.6. The third-order valence-electron chi connectivity index (χ3n) is 5.76. The summed E-state index contributed by atoms with van der Waals surface area (Å²) in [6, 6.07) is 6.12. The summed E-state index contributed by atoms with van der Waals surface area (Å²) in [5, 5.41) is 8.53. The predicted molar refractivity (Wildman–Crippen MR) is 138 cm³/mol. The SMILES string of the molecule is CC1(C)Cc2c(c(C(=O)Nc3nc(C(C)(C)C)cs3)cc3nc(Nc4c(F)cccc4Cl)[nH]c23)O1. The molecule has 3 N–H and O–H groups in total. The second-order valence-electron chi connectivity index (χ2n) is 10.2. The van der Waals surface area contributed by atoms with Crippen LogP contribution in [-0.4, -0.2) is 26.5 Å². The number of hydrogen-bond acceptors (Lipinski definition) is 6. The molecule has 2 aromatic carbocycles. The molecule has 0 bridgehead atoms. The molecule has 1 aliphatic rings. The molecule has 0 atom stereocenters. The van der Waals surface area contributed by atoms with Gasteiger partial charge in [-0.3, -0.25) is 10.1 Å². The molecule has 3 heterocycles. The van der Waals surface area contributed by atoms with Crippen molar-refractivity contribution < 1.29 is 13.9 Å². The van der Waals surface area contributed by atoms with Gasteiger partial charge >= 0.3 is 0 Å². The summed E-state index contributed by atoms with van der Waals surface area (Å²) in [5.74, 6) is -0.00552. The molecule has 0 radical (unpaired) electrons. The highest BCUT2D eigenvalue weighted by Gasteiger charge is 2.36. The quantitative estimate of drug-likeness (QED) is 0.278. The lowest BCUT2D eigenvalue weighted by atomic mass is 9.93. The Morgan fingerprint density at radius 3 is 2.74 bits per heavy atom. The molecule has 1 amide bonds. The van der Waals surface area contributed by atoms with E-state index in [-0.39, 0.29) is 22.0 Å². The lowest BCUT2D eigenvalue weighted by Crippen LogP contribution is -2.25. The number of ether oxygens (including phenoxy) is 1. The summed E-state index contributed by atoms with van der Waals surface area (Å²) >= 11 is 7.54. The lowest BCUT2D eigenvalue weighted by molar-refractivity contribution is 0.101. The normalized spacial score (nSPS) is 14.6. The zero-order valence-corrected chi connectivity index (χ0v) is 21.5. The number of hydrogen-bond donors (Lipinski definition) is 3. The number of thiazole rings is 1. The summed E-state index contributed by atoms with van der Waals surface area (Å²) < 4.78 is 20.5. The number of carbonyl (C=O) groups is 1. The molecule has 35 heavy (non-hydrogen) atoms. The molecule has 4 aromatic rings. The minimum atomic E-state index is -0.500. The van der Waals surface area contributed by atoms with E-state index in [1.54, 1.807) is 12.1 Å². The van der Waals surface area contributed by atoms with Gasteiger partial charge in [-0.2, -0.15) is 0 Å². The summed E-state index contributed by atoms with van der Waals surface area (Å²) in [6.45, 7) is 10.1. The van der Waals surface area contributed by atoms with Gasteiger partial charge < -0.3 is 15.0 Å². The number of fused-ring (bicyclic) bond motifs is 3. The van der Waals surface area contributed by atoms with Gasteiger partial charge in [0.05, 0.1) is 33.0 Å². The first-order valence-electron chi connectivity index (χ1n) is 11.1. The Hall–Kier alpha value is -3.17. The number of anilines is 3. The van der Waals surface area contributed by atoms with Crippen molar-refractivity contribution >= 4 is 56.6 Å². The second-order valence-corrected chi connectivity index (χ2v) is 11.5. The summed E-state index contributed by atoms with van der Waals surface area (Å²) in [4.78, 5) is 25.7. The van der Waals surface area contributed by atoms with Gasteiger partial charge in [0.25, 0.3) is 5.91 Å². The Morgan fingerprint density at radius 2 is 2.06 bits per heavy atom. The van der Waals surface area contributed by atoms with Crippen LogP contribution in [0.3, 0.4) is 0 Å². The van der Waals surface area contributed by atoms with Gasteiger partial charge in [0.1, 0.15) is 17.2 Å². The Bertz CT molecular complexity index is 1450. The molecule has 7 nitrogen and oxygen atoms in total. The van der Waals surface area contributed by atoms with E-state index in [9.17, 15) is 9.18 Å². The summed E-state index contributed by atoms with van der Waals surface area (Å²) in [7, 11) is 0. The van der Waals surface area contributed by atoms with Gasteiger partial charge in [0.2, 0.25) is 5.95 Å².